The zero-order valence-electron chi connectivity index (χ0n) is 12.0. The summed E-state index contributed by atoms with van der Waals surface area (Å²) >= 11 is 1.60. The summed E-state index contributed by atoms with van der Waals surface area (Å²) in [6, 6.07) is 8.92. The van der Waals surface area contributed by atoms with Gasteiger partial charge in [0.15, 0.2) is 0 Å². The lowest BCUT2D eigenvalue weighted by Gasteiger charge is -2.15. The Kier molecular flexibility index (Phi) is 5.04. The van der Waals surface area contributed by atoms with Gasteiger partial charge in [-0.05, 0) is 32.2 Å². The minimum absolute atomic E-state index is 0.112. The zero-order valence-corrected chi connectivity index (χ0v) is 12.8. The van der Waals surface area contributed by atoms with Gasteiger partial charge in [0.1, 0.15) is 0 Å². The number of amides is 1. The van der Waals surface area contributed by atoms with Crippen LogP contribution in [0.2, 0.25) is 0 Å². The van der Waals surface area contributed by atoms with Crippen LogP contribution in [0.15, 0.2) is 29.6 Å². The highest BCUT2D eigenvalue weighted by molar-refractivity contribution is 7.09. The fraction of sp³-hybridized carbons (Fsp3) is 0.267. The number of anilines is 1. The second-order valence-corrected chi connectivity index (χ2v) is 5.83. The van der Waals surface area contributed by atoms with Gasteiger partial charge in [0, 0.05) is 17.6 Å². The number of thiazole rings is 1. The number of aromatic nitrogens is 1. The van der Waals surface area contributed by atoms with Crippen LogP contribution in [0.25, 0.3) is 0 Å². The maximum Gasteiger partial charge on any atom is 0.238 e. The Balaban J connectivity index is 1.87. The van der Waals surface area contributed by atoms with Gasteiger partial charge in [0.25, 0.3) is 0 Å². The molecule has 1 aromatic carbocycles. The van der Waals surface area contributed by atoms with Crippen LogP contribution in [0.1, 0.15) is 16.3 Å². The van der Waals surface area contributed by atoms with Crippen molar-refractivity contribution >= 4 is 22.9 Å². The van der Waals surface area contributed by atoms with Crippen molar-refractivity contribution in [2.75, 3.05) is 18.9 Å². The molecule has 21 heavy (non-hydrogen) atoms. The second kappa shape index (κ2) is 6.97. The monoisotopic (exact) mass is 300 g/mol. The quantitative estimate of drug-likeness (QED) is 0.920. The van der Waals surface area contributed by atoms with Crippen LogP contribution in [0.4, 0.5) is 5.69 Å². The van der Waals surface area contributed by atoms with E-state index in [0.717, 1.165) is 10.7 Å². The van der Waals surface area contributed by atoms with E-state index in [1.807, 2.05) is 30.3 Å². The van der Waals surface area contributed by atoms with Crippen LogP contribution in [0.3, 0.4) is 0 Å². The van der Waals surface area contributed by atoms with Gasteiger partial charge >= 0.3 is 0 Å². The van der Waals surface area contributed by atoms with E-state index in [0.29, 0.717) is 17.8 Å². The molecule has 108 valence electrons. The van der Waals surface area contributed by atoms with Gasteiger partial charge in [0.05, 0.1) is 28.9 Å². The molecule has 0 unspecified atom stereocenters. The van der Waals surface area contributed by atoms with Crippen molar-refractivity contribution in [2.24, 2.45) is 0 Å². The molecule has 0 aliphatic heterocycles. The second-order valence-electron chi connectivity index (χ2n) is 4.77. The van der Waals surface area contributed by atoms with Crippen LogP contribution < -0.4 is 5.32 Å². The first-order valence-electron chi connectivity index (χ1n) is 6.46. The van der Waals surface area contributed by atoms with Crippen molar-refractivity contribution in [3.63, 3.8) is 0 Å². The molecule has 2 aromatic rings. The number of hydrogen-bond donors (Lipinski definition) is 1. The molecule has 0 spiro atoms. The van der Waals surface area contributed by atoms with Crippen LogP contribution >= 0.6 is 11.3 Å². The van der Waals surface area contributed by atoms with Crippen molar-refractivity contribution in [1.29, 1.82) is 5.26 Å². The highest BCUT2D eigenvalue weighted by Gasteiger charge is 2.09. The Morgan fingerprint density at radius 3 is 3.00 bits per heavy atom. The lowest BCUT2D eigenvalue weighted by Crippen LogP contribution is -2.29. The van der Waals surface area contributed by atoms with Crippen LogP contribution in [-0.4, -0.2) is 29.4 Å². The van der Waals surface area contributed by atoms with Gasteiger partial charge < -0.3 is 5.32 Å². The topological polar surface area (TPSA) is 69.0 Å². The molecular formula is C15H16N4OS. The number of carbonyl (C=O) groups excluding carboxylic acids is 1. The third-order valence-corrected chi connectivity index (χ3v) is 3.61. The number of likely N-dealkylation sites (N-methyl/N-ethyl adjacent to an activating group) is 1. The Morgan fingerprint density at radius 1 is 1.52 bits per heavy atom. The maximum atomic E-state index is 12.0. The van der Waals surface area contributed by atoms with Crippen molar-refractivity contribution < 1.29 is 4.79 Å². The van der Waals surface area contributed by atoms with Crippen molar-refractivity contribution in [2.45, 2.75) is 13.5 Å². The summed E-state index contributed by atoms with van der Waals surface area (Å²) in [6.07, 6.45) is 0. The van der Waals surface area contributed by atoms with Gasteiger partial charge in [-0.3, -0.25) is 9.69 Å². The van der Waals surface area contributed by atoms with Crippen molar-refractivity contribution in [1.82, 2.24) is 9.88 Å². The first-order valence-corrected chi connectivity index (χ1v) is 7.34. The molecule has 0 fully saturated rings. The van der Waals surface area contributed by atoms with Gasteiger partial charge in [-0.1, -0.05) is 6.07 Å². The summed E-state index contributed by atoms with van der Waals surface area (Å²) in [7, 11) is 1.87. The van der Waals surface area contributed by atoms with Gasteiger partial charge in [-0.15, -0.1) is 11.3 Å². The minimum atomic E-state index is -0.112. The molecule has 1 aromatic heterocycles. The third kappa shape index (κ3) is 4.67. The van der Waals surface area contributed by atoms with E-state index in [2.05, 4.69) is 10.3 Å². The number of rotatable bonds is 5. The predicted molar refractivity (Wildman–Crippen MR) is 83.0 cm³/mol. The van der Waals surface area contributed by atoms with E-state index in [-0.39, 0.29) is 12.5 Å². The molecule has 6 heteroatoms. The maximum absolute atomic E-state index is 12.0. The van der Waals surface area contributed by atoms with Gasteiger partial charge in [-0.25, -0.2) is 4.98 Å². The molecule has 5 nitrogen and oxygen atoms in total. The molecular weight excluding hydrogens is 284 g/mol. The minimum Gasteiger partial charge on any atom is -0.325 e. The van der Waals surface area contributed by atoms with Gasteiger partial charge in [-0.2, -0.15) is 5.26 Å². The fourth-order valence-electron chi connectivity index (χ4n) is 1.93. The molecule has 0 aliphatic carbocycles. The Morgan fingerprint density at radius 2 is 2.33 bits per heavy atom. The Hall–Kier alpha value is -2.23. The van der Waals surface area contributed by atoms with E-state index >= 15 is 0 Å². The number of nitrogens with zero attached hydrogens (tertiary/aromatic N) is 3. The highest BCUT2D eigenvalue weighted by Crippen LogP contribution is 2.11. The largest absolute Gasteiger partial charge is 0.325 e. The first kappa shape index (κ1) is 15.2. The van der Waals surface area contributed by atoms with Crippen LogP contribution in [0.5, 0.6) is 0 Å². The van der Waals surface area contributed by atoms with Crippen LogP contribution in [-0.2, 0) is 11.3 Å². The van der Waals surface area contributed by atoms with E-state index in [1.165, 1.54) is 0 Å². The SMILES string of the molecule is Cc1nc(CN(C)CC(=O)Nc2cccc(C#N)c2)cs1. The molecule has 0 bridgehead atoms. The predicted octanol–water partition coefficient (Wildman–Crippen LogP) is 2.39. The average Bonchev–Trinajstić information content (AvgIpc) is 2.83. The number of hydrogen-bond acceptors (Lipinski definition) is 5. The molecule has 1 amide bonds. The van der Waals surface area contributed by atoms with E-state index in [1.54, 1.807) is 35.6 Å². The van der Waals surface area contributed by atoms with Gasteiger partial charge in [0.2, 0.25) is 5.91 Å². The number of benzene rings is 1. The molecule has 1 heterocycles. The standard InChI is InChI=1S/C15H16N4OS/c1-11-17-14(10-21-11)8-19(2)9-15(20)18-13-5-3-4-12(6-13)7-16/h3-6,10H,8-9H2,1-2H3,(H,18,20). The normalized spacial score (nSPS) is 10.4. The first-order chi connectivity index (χ1) is 10.1. The van der Waals surface area contributed by atoms with Crippen LogP contribution in [0, 0.1) is 18.3 Å². The summed E-state index contributed by atoms with van der Waals surface area (Å²) in [5.41, 5.74) is 2.13. The lowest BCUT2D eigenvalue weighted by molar-refractivity contribution is -0.117. The number of nitriles is 1. The number of aryl methyl sites for hydroxylation is 1. The molecule has 2 rings (SSSR count). The summed E-state index contributed by atoms with van der Waals surface area (Å²) in [4.78, 5) is 18.2. The molecule has 1 N–H and O–H groups in total. The summed E-state index contributed by atoms with van der Waals surface area (Å²) < 4.78 is 0. The average molecular weight is 300 g/mol. The Bertz CT molecular complexity index is 674. The Labute approximate surface area is 127 Å². The van der Waals surface area contributed by atoms with E-state index in [9.17, 15) is 4.79 Å². The number of carbonyl (C=O) groups is 1. The fourth-order valence-corrected chi connectivity index (χ4v) is 2.53. The molecule has 0 aliphatic rings. The number of nitrogens with one attached hydrogen (secondary N) is 1. The summed E-state index contributed by atoms with van der Waals surface area (Å²) in [6.45, 7) is 2.87. The third-order valence-electron chi connectivity index (χ3n) is 2.79. The summed E-state index contributed by atoms with van der Waals surface area (Å²) in [5.74, 6) is -0.112. The zero-order chi connectivity index (χ0) is 15.2. The van der Waals surface area contributed by atoms with E-state index in [4.69, 9.17) is 5.26 Å². The highest BCUT2D eigenvalue weighted by atomic mass is 32.1. The summed E-state index contributed by atoms with van der Waals surface area (Å²) in [5, 5.41) is 14.6. The van der Waals surface area contributed by atoms with Crippen molar-refractivity contribution in [3.8, 4) is 6.07 Å². The lowest BCUT2D eigenvalue weighted by atomic mass is 10.2. The molecule has 0 radical (unpaired) electrons. The molecule has 0 saturated heterocycles. The van der Waals surface area contributed by atoms with E-state index < -0.39 is 0 Å². The molecule has 0 saturated carbocycles. The smallest absolute Gasteiger partial charge is 0.238 e. The molecule has 0 atom stereocenters. The van der Waals surface area contributed by atoms with Crippen molar-refractivity contribution in [3.05, 3.63) is 45.9 Å².